The molecule has 1 aromatic carbocycles. The van der Waals surface area contributed by atoms with Gasteiger partial charge in [-0.2, -0.15) is 0 Å². The third-order valence-corrected chi connectivity index (χ3v) is 5.13. The molecule has 10 heteroatoms. The summed E-state index contributed by atoms with van der Waals surface area (Å²) in [6.07, 6.45) is 5.94. The average Bonchev–Trinajstić information content (AvgIpc) is 2.97. The number of hydrogen-bond donors (Lipinski definition) is 2. The zero-order chi connectivity index (χ0) is 21.3. The van der Waals surface area contributed by atoms with E-state index in [1.54, 1.807) is 19.2 Å². The second kappa shape index (κ2) is 10.7. The molecular weight excluding hydrogens is 388 g/mol. The van der Waals surface area contributed by atoms with Crippen molar-refractivity contribution in [2.24, 2.45) is 0 Å². The molecule has 0 atom stereocenters. The molecule has 10 nitrogen and oxygen atoms in total. The number of aryl methyl sites for hydroxylation is 2. The number of anilines is 1. The predicted molar refractivity (Wildman–Crippen MR) is 112 cm³/mol. The van der Waals surface area contributed by atoms with Gasteiger partial charge in [-0.3, -0.25) is 14.9 Å². The van der Waals surface area contributed by atoms with E-state index in [-0.39, 0.29) is 17.2 Å². The van der Waals surface area contributed by atoms with Gasteiger partial charge >= 0.3 is 0 Å². The van der Waals surface area contributed by atoms with Gasteiger partial charge in [0.05, 0.1) is 11.5 Å². The first-order valence-corrected chi connectivity index (χ1v) is 10.3. The summed E-state index contributed by atoms with van der Waals surface area (Å²) in [6.45, 7) is 2.28. The number of nitrogens with zero attached hydrogens (tertiary/aromatic N) is 4. The van der Waals surface area contributed by atoms with Crippen molar-refractivity contribution in [1.82, 2.24) is 20.1 Å². The van der Waals surface area contributed by atoms with Crippen LogP contribution in [0.3, 0.4) is 0 Å². The van der Waals surface area contributed by atoms with Crippen molar-refractivity contribution in [3.8, 4) is 0 Å². The summed E-state index contributed by atoms with van der Waals surface area (Å²) in [4.78, 5) is 23.3. The maximum Gasteiger partial charge on any atom is 0.293 e. The molecule has 0 unspecified atom stereocenters. The number of nitro groups is 1. The van der Waals surface area contributed by atoms with Crippen LogP contribution in [0, 0.1) is 10.1 Å². The van der Waals surface area contributed by atoms with Gasteiger partial charge in [0, 0.05) is 51.2 Å². The third-order valence-electron chi connectivity index (χ3n) is 5.13. The maximum atomic E-state index is 12.4. The SMILES string of the molecule is COCCNc1ccc(C(=O)NCCCc2nnc3n2CCCCC3)cc1[N+](=O)[O-]. The van der Waals surface area contributed by atoms with E-state index in [0.717, 1.165) is 50.3 Å². The third kappa shape index (κ3) is 5.53. The quantitative estimate of drug-likeness (QED) is 0.346. The van der Waals surface area contributed by atoms with Crippen LogP contribution in [0.2, 0.25) is 0 Å². The second-order valence-corrected chi connectivity index (χ2v) is 7.26. The van der Waals surface area contributed by atoms with Gasteiger partial charge < -0.3 is 19.9 Å². The Balaban J connectivity index is 1.53. The summed E-state index contributed by atoms with van der Waals surface area (Å²) < 4.78 is 7.14. The summed E-state index contributed by atoms with van der Waals surface area (Å²) in [5.41, 5.74) is 0.487. The van der Waals surface area contributed by atoms with E-state index in [9.17, 15) is 14.9 Å². The smallest absolute Gasteiger partial charge is 0.293 e. The number of carbonyl (C=O) groups excluding carboxylic acids is 1. The molecule has 0 aliphatic carbocycles. The van der Waals surface area contributed by atoms with Crippen molar-refractivity contribution in [3.05, 3.63) is 45.5 Å². The number of nitro benzene ring substituents is 1. The van der Waals surface area contributed by atoms with Crippen molar-refractivity contribution in [3.63, 3.8) is 0 Å². The minimum absolute atomic E-state index is 0.134. The van der Waals surface area contributed by atoms with Crippen LogP contribution in [0.5, 0.6) is 0 Å². The molecule has 0 fully saturated rings. The molecule has 0 radical (unpaired) electrons. The standard InChI is InChI=1S/C20H28N6O4/c1-30-13-11-21-16-9-8-15(14-17(16)26(28)29)20(27)22-10-5-7-19-24-23-18-6-3-2-4-12-25(18)19/h8-9,14,21H,2-7,10-13H2,1H3,(H,22,27). The van der Waals surface area contributed by atoms with Gasteiger partial charge in [0.15, 0.2) is 0 Å². The van der Waals surface area contributed by atoms with Gasteiger partial charge in [-0.1, -0.05) is 6.42 Å². The Kier molecular flexibility index (Phi) is 7.72. The molecule has 162 valence electrons. The number of hydrogen-bond acceptors (Lipinski definition) is 7. The monoisotopic (exact) mass is 416 g/mol. The number of nitrogens with one attached hydrogen (secondary N) is 2. The molecule has 0 saturated heterocycles. The summed E-state index contributed by atoms with van der Waals surface area (Å²) in [5.74, 6) is 1.68. The minimum atomic E-state index is -0.497. The fourth-order valence-electron chi connectivity index (χ4n) is 3.54. The zero-order valence-electron chi connectivity index (χ0n) is 17.2. The zero-order valence-corrected chi connectivity index (χ0v) is 17.2. The van der Waals surface area contributed by atoms with Crippen LogP contribution in [0.4, 0.5) is 11.4 Å². The molecule has 2 heterocycles. The van der Waals surface area contributed by atoms with Crippen molar-refractivity contribution in [2.75, 3.05) is 32.1 Å². The Labute approximate surface area is 175 Å². The molecule has 30 heavy (non-hydrogen) atoms. The summed E-state index contributed by atoms with van der Waals surface area (Å²) >= 11 is 0. The van der Waals surface area contributed by atoms with Crippen molar-refractivity contribution >= 4 is 17.3 Å². The Bertz CT molecular complexity index is 882. The number of methoxy groups -OCH3 is 1. The number of amides is 1. The first-order chi connectivity index (χ1) is 14.6. The number of carbonyl (C=O) groups is 1. The average molecular weight is 416 g/mol. The molecule has 1 aliphatic rings. The number of benzene rings is 1. The van der Waals surface area contributed by atoms with Crippen LogP contribution in [-0.2, 0) is 24.1 Å². The van der Waals surface area contributed by atoms with E-state index < -0.39 is 4.92 Å². The van der Waals surface area contributed by atoms with Gasteiger partial charge in [0.25, 0.3) is 11.6 Å². The molecule has 1 amide bonds. The molecular formula is C20H28N6O4. The van der Waals surface area contributed by atoms with E-state index >= 15 is 0 Å². The number of aromatic nitrogens is 3. The number of ether oxygens (including phenoxy) is 1. The van der Waals surface area contributed by atoms with Gasteiger partial charge in [-0.15, -0.1) is 10.2 Å². The van der Waals surface area contributed by atoms with Gasteiger partial charge in [0.1, 0.15) is 17.3 Å². The molecule has 0 spiro atoms. The fraction of sp³-hybridized carbons (Fsp3) is 0.550. The van der Waals surface area contributed by atoms with Crippen LogP contribution in [0.15, 0.2) is 18.2 Å². The lowest BCUT2D eigenvalue weighted by Crippen LogP contribution is -2.25. The Morgan fingerprint density at radius 1 is 1.27 bits per heavy atom. The number of rotatable bonds is 10. The lowest BCUT2D eigenvalue weighted by molar-refractivity contribution is -0.384. The molecule has 0 bridgehead atoms. The lowest BCUT2D eigenvalue weighted by atomic mass is 10.1. The first-order valence-electron chi connectivity index (χ1n) is 10.3. The highest BCUT2D eigenvalue weighted by Crippen LogP contribution is 2.25. The molecule has 3 rings (SSSR count). The van der Waals surface area contributed by atoms with Gasteiger partial charge in [-0.05, 0) is 31.4 Å². The van der Waals surface area contributed by atoms with Gasteiger partial charge in [0.2, 0.25) is 0 Å². The second-order valence-electron chi connectivity index (χ2n) is 7.26. The molecule has 1 aromatic heterocycles. The molecule has 2 N–H and O–H groups in total. The minimum Gasteiger partial charge on any atom is -0.383 e. The van der Waals surface area contributed by atoms with Crippen molar-refractivity contribution in [2.45, 2.75) is 45.1 Å². The topological polar surface area (TPSA) is 124 Å². The fourth-order valence-corrected chi connectivity index (χ4v) is 3.54. The lowest BCUT2D eigenvalue weighted by Gasteiger charge is -2.09. The van der Waals surface area contributed by atoms with E-state index in [0.29, 0.717) is 25.4 Å². The Morgan fingerprint density at radius 2 is 2.13 bits per heavy atom. The predicted octanol–water partition coefficient (Wildman–Crippen LogP) is 2.33. The largest absolute Gasteiger partial charge is 0.383 e. The molecule has 2 aromatic rings. The first kappa shape index (κ1) is 21.7. The summed E-state index contributed by atoms with van der Waals surface area (Å²) in [7, 11) is 1.56. The highest BCUT2D eigenvalue weighted by Gasteiger charge is 2.18. The summed E-state index contributed by atoms with van der Waals surface area (Å²) in [6, 6.07) is 4.42. The van der Waals surface area contributed by atoms with E-state index in [1.807, 2.05) is 0 Å². The summed E-state index contributed by atoms with van der Waals surface area (Å²) in [5, 5.41) is 25.7. The Morgan fingerprint density at radius 3 is 2.93 bits per heavy atom. The van der Waals surface area contributed by atoms with E-state index in [4.69, 9.17) is 4.74 Å². The van der Waals surface area contributed by atoms with Crippen LogP contribution < -0.4 is 10.6 Å². The molecule has 0 saturated carbocycles. The van der Waals surface area contributed by atoms with Crippen LogP contribution in [0.1, 0.15) is 47.7 Å². The van der Waals surface area contributed by atoms with Crippen LogP contribution in [-0.4, -0.2) is 52.4 Å². The maximum absolute atomic E-state index is 12.4. The van der Waals surface area contributed by atoms with Gasteiger partial charge in [-0.25, -0.2) is 0 Å². The van der Waals surface area contributed by atoms with Crippen LogP contribution in [0.25, 0.3) is 0 Å². The normalized spacial score (nSPS) is 13.4. The van der Waals surface area contributed by atoms with E-state index in [1.165, 1.54) is 12.5 Å². The van der Waals surface area contributed by atoms with Crippen LogP contribution >= 0.6 is 0 Å². The molecule has 1 aliphatic heterocycles. The van der Waals surface area contributed by atoms with Crippen molar-refractivity contribution in [1.29, 1.82) is 0 Å². The van der Waals surface area contributed by atoms with E-state index in [2.05, 4.69) is 25.4 Å². The highest BCUT2D eigenvalue weighted by atomic mass is 16.6. The highest BCUT2D eigenvalue weighted by molar-refractivity contribution is 5.95. The van der Waals surface area contributed by atoms with Crippen molar-refractivity contribution < 1.29 is 14.5 Å². The Hall–Kier alpha value is -3.01. The number of fused-ring (bicyclic) bond motifs is 1.